The first kappa shape index (κ1) is 53.6. The van der Waals surface area contributed by atoms with E-state index in [1.807, 2.05) is 0 Å². The van der Waals surface area contributed by atoms with Crippen molar-refractivity contribution in [2.75, 3.05) is 19.8 Å². The Balaban J connectivity index is 4.32. The monoisotopic (exact) mass is 783 g/mol. The lowest BCUT2D eigenvalue weighted by atomic mass is 10.1. The molecule has 0 fully saturated rings. The number of hydrogen-bond donors (Lipinski definition) is 0. The van der Waals surface area contributed by atoms with Gasteiger partial charge in [-0.1, -0.05) is 191 Å². The Bertz CT molecular complexity index is 977. The van der Waals surface area contributed by atoms with E-state index in [0.717, 1.165) is 89.9 Å². The van der Waals surface area contributed by atoms with Crippen LogP contribution in [0.4, 0.5) is 0 Å². The molecular formula is C51H90O5. The van der Waals surface area contributed by atoms with Crippen molar-refractivity contribution in [1.29, 1.82) is 0 Å². The maximum absolute atomic E-state index is 12.7. The van der Waals surface area contributed by atoms with Crippen LogP contribution in [0, 0.1) is 0 Å². The molecule has 0 aliphatic heterocycles. The van der Waals surface area contributed by atoms with Gasteiger partial charge >= 0.3 is 11.9 Å². The summed E-state index contributed by atoms with van der Waals surface area (Å²) < 4.78 is 17.3. The number of carbonyl (C=O) groups is 2. The van der Waals surface area contributed by atoms with Gasteiger partial charge in [0.05, 0.1) is 6.61 Å². The van der Waals surface area contributed by atoms with Gasteiger partial charge in [0, 0.05) is 19.4 Å². The number of carbonyl (C=O) groups excluding carboxylic acids is 2. The Kier molecular flexibility index (Phi) is 45.0. The van der Waals surface area contributed by atoms with Crippen LogP contribution in [0.1, 0.15) is 226 Å². The Morgan fingerprint density at radius 3 is 1.32 bits per heavy atom. The molecule has 0 amide bonds. The minimum atomic E-state index is -0.553. The maximum Gasteiger partial charge on any atom is 0.306 e. The van der Waals surface area contributed by atoms with Gasteiger partial charge in [-0.15, -0.1) is 0 Å². The van der Waals surface area contributed by atoms with Crippen LogP contribution in [0.15, 0.2) is 60.8 Å². The number of hydrogen-bond acceptors (Lipinski definition) is 5. The summed E-state index contributed by atoms with van der Waals surface area (Å²) in [5.41, 5.74) is 0. The van der Waals surface area contributed by atoms with Crippen molar-refractivity contribution in [2.45, 2.75) is 232 Å². The molecule has 0 spiro atoms. The first-order chi connectivity index (χ1) is 27.6. The second-order valence-corrected chi connectivity index (χ2v) is 15.6. The molecule has 0 aromatic rings. The van der Waals surface area contributed by atoms with Crippen molar-refractivity contribution < 1.29 is 23.8 Å². The lowest BCUT2D eigenvalue weighted by Gasteiger charge is -2.18. The highest BCUT2D eigenvalue weighted by Gasteiger charge is 2.17. The van der Waals surface area contributed by atoms with E-state index >= 15 is 0 Å². The smallest absolute Gasteiger partial charge is 0.306 e. The first-order valence-electron chi connectivity index (χ1n) is 23.8. The molecule has 0 bridgehead atoms. The number of esters is 2. The molecule has 0 N–H and O–H groups in total. The van der Waals surface area contributed by atoms with Gasteiger partial charge in [-0.3, -0.25) is 9.59 Å². The van der Waals surface area contributed by atoms with Gasteiger partial charge in [-0.25, -0.2) is 0 Å². The molecule has 5 heteroatoms. The fourth-order valence-electron chi connectivity index (χ4n) is 6.49. The highest BCUT2D eigenvalue weighted by molar-refractivity contribution is 5.70. The number of ether oxygens (including phenoxy) is 3. The molecule has 1 atom stereocenters. The van der Waals surface area contributed by atoms with E-state index in [2.05, 4.69) is 81.5 Å². The Labute approximate surface area is 347 Å². The quantitative estimate of drug-likeness (QED) is 0.0350. The normalized spacial score (nSPS) is 12.7. The molecule has 324 valence electrons. The Morgan fingerprint density at radius 1 is 0.411 bits per heavy atom. The molecule has 0 radical (unpaired) electrons. The van der Waals surface area contributed by atoms with Crippen LogP contribution < -0.4 is 0 Å². The van der Waals surface area contributed by atoms with Crippen LogP contribution in [-0.4, -0.2) is 37.9 Å². The van der Waals surface area contributed by atoms with Crippen molar-refractivity contribution in [3.63, 3.8) is 0 Å². The van der Waals surface area contributed by atoms with E-state index in [1.165, 1.54) is 103 Å². The van der Waals surface area contributed by atoms with Crippen LogP contribution in [0.2, 0.25) is 0 Å². The van der Waals surface area contributed by atoms with Gasteiger partial charge in [-0.2, -0.15) is 0 Å². The van der Waals surface area contributed by atoms with Crippen LogP contribution in [-0.2, 0) is 23.8 Å². The van der Waals surface area contributed by atoms with Crippen molar-refractivity contribution in [3.8, 4) is 0 Å². The topological polar surface area (TPSA) is 61.8 Å². The minimum absolute atomic E-state index is 0.0689. The molecule has 0 aliphatic rings. The van der Waals surface area contributed by atoms with Gasteiger partial charge < -0.3 is 14.2 Å². The highest BCUT2D eigenvalue weighted by Crippen LogP contribution is 2.14. The van der Waals surface area contributed by atoms with Gasteiger partial charge in [0.25, 0.3) is 0 Å². The predicted molar refractivity (Wildman–Crippen MR) is 242 cm³/mol. The van der Waals surface area contributed by atoms with Crippen LogP contribution in [0.3, 0.4) is 0 Å². The Hall–Kier alpha value is -2.40. The molecule has 0 heterocycles. The maximum atomic E-state index is 12.7. The van der Waals surface area contributed by atoms with Crippen LogP contribution in [0.25, 0.3) is 0 Å². The molecule has 0 saturated heterocycles. The van der Waals surface area contributed by atoms with E-state index in [4.69, 9.17) is 14.2 Å². The van der Waals surface area contributed by atoms with Crippen molar-refractivity contribution >= 4 is 11.9 Å². The third-order valence-corrected chi connectivity index (χ3v) is 10.0. The highest BCUT2D eigenvalue weighted by atomic mass is 16.6. The molecule has 0 saturated carbocycles. The summed E-state index contributed by atoms with van der Waals surface area (Å²) in [5, 5.41) is 0. The number of allylic oxidation sites excluding steroid dienone is 10. The molecule has 56 heavy (non-hydrogen) atoms. The SMILES string of the molecule is CC/C=C\C/C=C\C/C=C\C/C=C\CCCCCOCC(COC(=O)CCCCCCC/C=C\CCCCCC)OC(=O)CCCCCCCCCCCCC. The zero-order chi connectivity index (χ0) is 40.7. The van der Waals surface area contributed by atoms with E-state index in [0.29, 0.717) is 19.4 Å². The van der Waals surface area contributed by atoms with Crippen molar-refractivity contribution in [2.24, 2.45) is 0 Å². The Morgan fingerprint density at radius 2 is 0.804 bits per heavy atom. The van der Waals surface area contributed by atoms with Gasteiger partial charge in [0.15, 0.2) is 6.10 Å². The molecule has 1 unspecified atom stereocenters. The second kappa shape index (κ2) is 47.0. The summed E-state index contributed by atoms with van der Waals surface area (Å²) in [6, 6.07) is 0. The van der Waals surface area contributed by atoms with Gasteiger partial charge in [0.2, 0.25) is 0 Å². The lowest BCUT2D eigenvalue weighted by Crippen LogP contribution is -2.30. The summed E-state index contributed by atoms with van der Waals surface area (Å²) in [6.07, 6.45) is 57.9. The minimum Gasteiger partial charge on any atom is -0.462 e. The summed E-state index contributed by atoms with van der Waals surface area (Å²) >= 11 is 0. The average molecular weight is 783 g/mol. The van der Waals surface area contributed by atoms with E-state index < -0.39 is 6.10 Å². The third kappa shape index (κ3) is 44.3. The van der Waals surface area contributed by atoms with E-state index in [-0.39, 0.29) is 25.2 Å². The molecular weight excluding hydrogens is 693 g/mol. The predicted octanol–water partition coefficient (Wildman–Crippen LogP) is 15.8. The molecule has 0 rings (SSSR count). The first-order valence-corrected chi connectivity index (χ1v) is 23.8. The van der Waals surface area contributed by atoms with Crippen LogP contribution in [0.5, 0.6) is 0 Å². The van der Waals surface area contributed by atoms with Crippen molar-refractivity contribution in [3.05, 3.63) is 60.8 Å². The zero-order valence-corrected chi connectivity index (χ0v) is 37.1. The molecule has 5 nitrogen and oxygen atoms in total. The number of rotatable bonds is 43. The van der Waals surface area contributed by atoms with Crippen LogP contribution >= 0.6 is 0 Å². The van der Waals surface area contributed by atoms with Gasteiger partial charge in [0.1, 0.15) is 6.61 Å². The molecule has 0 aromatic carbocycles. The van der Waals surface area contributed by atoms with E-state index in [9.17, 15) is 9.59 Å². The second-order valence-electron chi connectivity index (χ2n) is 15.6. The fraction of sp³-hybridized carbons (Fsp3) is 0.765. The standard InChI is InChI=1S/C51H90O5/c1-4-7-10-13-16-19-22-24-25-26-28-31-34-37-40-43-46-54-47-49(56-51(53)45-42-39-36-33-29-21-18-15-12-9-6-3)48-55-50(52)44-41-38-35-32-30-27-23-20-17-14-11-8-5-2/h7,10,16,19-20,23-25,28,31,49H,4-6,8-9,11-15,17-18,21-22,26-27,29-30,32-48H2,1-3H3/b10-7-,19-16-,23-20-,25-24-,31-28-. The van der Waals surface area contributed by atoms with Crippen molar-refractivity contribution in [1.82, 2.24) is 0 Å². The lowest BCUT2D eigenvalue weighted by molar-refractivity contribution is -0.163. The van der Waals surface area contributed by atoms with E-state index in [1.54, 1.807) is 0 Å². The summed E-state index contributed by atoms with van der Waals surface area (Å²) in [6.45, 7) is 7.62. The number of unbranched alkanes of at least 4 members (excludes halogenated alkanes) is 22. The zero-order valence-electron chi connectivity index (χ0n) is 37.1. The average Bonchev–Trinajstić information content (AvgIpc) is 3.20. The summed E-state index contributed by atoms with van der Waals surface area (Å²) in [7, 11) is 0. The largest absolute Gasteiger partial charge is 0.462 e. The molecule has 0 aromatic heterocycles. The molecule has 0 aliphatic carbocycles. The summed E-state index contributed by atoms with van der Waals surface area (Å²) in [4.78, 5) is 25.3. The van der Waals surface area contributed by atoms with Gasteiger partial charge in [-0.05, 0) is 83.5 Å². The third-order valence-electron chi connectivity index (χ3n) is 10.0. The fourth-order valence-corrected chi connectivity index (χ4v) is 6.49. The summed E-state index contributed by atoms with van der Waals surface area (Å²) in [5.74, 6) is -0.423.